The molecule has 5 rings (SSSR count). The van der Waals surface area contributed by atoms with Crippen molar-refractivity contribution in [3.63, 3.8) is 0 Å². The molecule has 6 heteroatoms. The highest BCUT2D eigenvalue weighted by molar-refractivity contribution is 5.92. The molecule has 2 aliphatic rings. The van der Waals surface area contributed by atoms with E-state index in [2.05, 4.69) is 82.7 Å². The van der Waals surface area contributed by atoms with Crippen LogP contribution in [0.3, 0.4) is 0 Å². The van der Waals surface area contributed by atoms with Gasteiger partial charge in [0.2, 0.25) is 0 Å². The Kier molecular flexibility index (Phi) is 8.54. The van der Waals surface area contributed by atoms with E-state index in [1.54, 1.807) is 14.2 Å². The monoisotopic (exact) mass is 584 g/mol. The first-order chi connectivity index (χ1) is 20.3. The van der Waals surface area contributed by atoms with Gasteiger partial charge in [-0.3, -0.25) is 0 Å². The van der Waals surface area contributed by atoms with Crippen LogP contribution in [-0.2, 0) is 10.8 Å². The van der Waals surface area contributed by atoms with Crippen molar-refractivity contribution in [3.8, 4) is 17.2 Å². The summed E-state index contributed by atoms with van der Waals surface area (Å²) < 4.78 is 17.5. The van der Waals surface area contributed by atoms with Gasteiger partial charge in [-0.2, -0.15) is 0 Å². The maximum Gasteiger partial charge on any atom is 0.343 e. The van der Waals surface area contributed by atoms with Crippen LogP contribution < -0.4 is 19.1 Å². The zero-order valence-corrected chi connectivity index (χ0v) is 27.4. The number of ether oxygens (including phenoxy) is 3. The maximum atomic E-state index is 13.7. The van der Waals surface area contributed by atoms with Gasteiger partial charge in [-0.15, -0.1) is 0 Å². The number of methoxy groups -OCH3 is 2. The van der Waals surface area contributed by atoms with Crippen molar-refractivity contribution >= 4 is 17.3 Å². The van der Waals surface area contributed by atoms with Crippen molar-refractivity contribution in [2.75, 3.05) is 26.2 Å². The molecule has 0 radical (unpaired) electrons. The molecule has 2 bridgehead atoms. The van der Waals surface area contributed by atoms with E-state index < -0.39 is 0 Å². The third-order valence-electron chi connectivity index (χ3n) is 9.26. The summed E-state index contributed by atoms with van der Waals surface area (Å²) in [6, 6.07) is 21.7. The van der Waals surface area contributed by atoms with Crippen LogP contribution in [0.4, 0.5) is 11.4 Å². The van der Waals surface area contributed by atoms with Crippen LogP contribution in [0.1, 0.15) is 88.7 Å². The molecule has 2 aliphatic heterocycles. The lowest BCUT2D eigenvalue weighted by molar-refractivity contribution is 0.0728. The first kappa shape index (κ1) is 30.9. The maximum absolute atomic E-state index is 13.7. The van der Waals surface area contributed by atoms with Crippen molar-refractivity contribution in [2.24, 2.45) is 0 Å². The minimum atomic E-state index is -0.363. The van der Waals surface area contributed by atoms with E-state index in [-0.39, 0.29) is 16.8 Å². The highest BCUT2D eigenvalue weighted by Crippen LogP contribution is 2.44. The molecule has 2 fully saturated rings. The summed E-state index contributed by atoms with van der Waals surface area (Å²) >= 11 is 0. The Labute approximate surface area is 257 Å². The van der Waals surface area contributed by atoms with Crippen LogP contribution >= 0.6 is 0 Å². The summed E-state index contributed by atoms with van der Waals surface area (Å²) in [5.41, 5.74) is 4.08. The van der Waals surface area contributed by atoms with Gasteiger partial charge in [-0.1, -0.05) is 47.6 Å². The fraction of sp³-hybridized carbons (Fsp3) is 0.486. The third kappa shape index (κ3) is 6.40. The lowest BCUT2D eigenvalue weighted by Gasteiger charge is -2.43. The molecule has 3 aromatic rings. The van der Waals surface area contributed by atoms with Gasteiger partial charge in [0.1, 0.15) is 17.2 Å². The summed E-state index contributed by atoms with van der Waals surface area (Å²) in [5.74, 6) is 1.86. The van der Waals surface area contributed by atoms with Crippen LogP contribution in [0.2, 0.25) is 0 Å². The van der Waals surface area contributed by atoms with E-state index >= 15 is 0 Å². The number of carbonyl (C=O) groups excluding carboxylic acids is 1. The zero-order chi connectivity index (χ0) is 31.1. The molecule has 0 aromatic heterocycles. The molecular formula is C37H48N2O4. The lowest BCUT2D eigenvalue weighted by Crippen LogP contribution is -2.47. The van der Waals surface area contributed by atoms with E-state index in [0.29, 0.717) is 29.4 Å². The van der Waals surface area contributed by atoms with Crippen molar-refractivity contribution in [1.82, 2.24) is 4.90 Å². The number of hydrogen-bond acceptors (Lipinski definition) is 6. The number of hydrogen-bond donors (Lipinski definition) is 0. The molecule has 1 unspecified atom stereocenters. The van der Waals surface area contributed by atoms with Gasteiger partial charge in [-0.05, 0) is 92.1 Å². The number of esters is 1. The van der Waals surface area contributed by atoms with Crippen molar-refractivity contribution in [1.29, 1.82) is 0 Å². The molecule has 0 amide bonds. The van der Waals surface area contributed by atoms with Gasteiger partial charge in [0.05, 0.1) is 19.8 Å². The molecule has 230 valence electrons. The number of benzene rings is 3. The SMILES string of the molecule is COc1cccc(N(c2ccc(C(=O)Oc3c(C(C)(C)C)cc(OC)cc3C(C)(C)C)cc2)C2C[C@H]3CC[C@@H](C2)N3C)c1. The first-order valence-electron chi connectivity index (χ1n) is 15.5. The van der Waals surface area contributed by atoms with Crippen molar-refractivity contribution < 1.29 is 19.0 Å². The average Bonchev–Trinajstić information content (AvgIpc) is 3.15. The Balaban J connectivity index is 1.48. The minimum Gasteiger partial charge on any atom is -0.497 e. The Morgan fingerprint density at radius 1 is 0.767 bits per heavy atom. The largest absolute Gasteiger partial charge is 0.497 e. The molecule has 43 heavy (non-hydrogen) atoms. The van der Waals surface area contributed by atoms with E-state index in [4.69, 9.17) is 14.2 Å². The number of nitrogens with zero attached hydrogens (tertiary/aromatic N) is 2. The van der Waals surface area contributed by atoms with Crippen LogP contribution in [0.15, 0.2) is 60.7 Å². The second-order valence-electron chi connectivity index (χ2n) is 14.2. The minimum absolute atomic E-state index is 0.251. The van der Waals surface area contributed by atoms with Gasteiger partial charge >= 0.3 is 5.97 Å². The molecule has 2 heterocycles. The van der Waals surface area contributed by atoms with Crippen LogP contribution in [-0.4, -0.2) is 50.3 Å². The third-order valence-corrected chi connectivity index (χ3v) is 9.26. The molecule has 6 nitrogen and oxygen atoms in total. The van der Waals surface area contributed by atoms with Crippen LogP contribution in [0.25, 0.3) is 0 Å². The first-order valence-corrected chi connectivity index (χ1v) is 15.5. The number of anilines is 2. The van der Waals surface area contributed by atoms with Gasteiger partial charge in [0, 0.05) is 46.7 Å². The quantitative estimate of drug-likeness (QED) is 0.206. The Hall–Kier alpha value is -3.51. The summed E-state index contributed by atoms with van der Waals surface area (Å²) in [5, 5.41) is 0. The van der Waals surface area contributed by atoms with Gasteiger partial charge in [0.25, 0.3) is 0 Å². The number of rotatable bonds is 7. The topological polar surface area (TPSA) is 51.2 Å². The summed E-state index contributed by atoms with van der Waals surface area (Å²) in [7, 11) is 5.65. The summed E-state index contributed by atoms with van der Waals surface area (Å²) in [4.78, 5) is 18.7. The Bertz CT molecular complexity index is 1400. The zero-order valence-electron chi connectivity index (χ0n) is 27.4. The summed E-state index contributed by atoms with van der Waals surface area (Å²) in [6.45, 7) is 12.8. The molecule has 0 saturated carbocycles. The Morgan fingerprint density at radius 2 is 1.33 bits per heavy atom. The standard InChI is InChI=1S/C37H48N2O4/c1-36(2,3)32-22-31(42-9)23-33(37(4,5)6)34(32)43-35(40)24-13-15-25(16-14-24)39(28-11-10-12-30(21-28)41-8)29-19-26-17-18-27(20-29)38(26)7/h10-16,21-23,26-27,29H,17-20H2,1-9H3/t26-,27+,29?. The van der Waals surface area contributed by atoms with Gasteiger partial charge < -0.3 is 24.0 Å². The lowest BCUT2D eigenvalue weighted by atomic mass is 9.79. The molecule has 0 spiro atoms. The normalized spacial score (nSPS) is 20.5. The van der Waals surface area contributed by atoms with Gasteiger partial charge in [-0.25, -0.2) is 4.79 Å². The molecular weight excluding hydrogens is 536 g/mol. The molecule has 0 aliphatic carbocycles. The second kappa shape index (κ2) is 11.9. The van der Waals surface area contributed by atoms with Crippen molar-refractivity contribution in [2.45, 2.75) is 96.2 Å². The number of carbonyl (C=O) groups is 1. The molecule has 3 aromatic carbocycles. The summed E-state index contributed by atoms with van der Waals surface area (Å²) in [6.07, 6.45) is 4.73. The van der Waals surface area contributed by atoms with E-state index in [0.717, 1.165) is 46.8 Å². The second-order valence-corrected chi connectivity index (χ2v) is 14.2. The fourth-order valence-electron chi connectivity index (χ4n) is 6.78. The van der Waals surface area contributed by atoms with E-state index in [1.165, 1.54) is 12.8 Å². The highest BCUT2D eigenvalue weighted by Gasteiger charge is 2.41. The number of piperidine rings is 1. The van der Waals surface area contributed by atoms with E-state index in [1.807, 2.05) is 36.4 Å². The fourth-order valence-corrected chi connectivity index (χ4v) is 6.78. The number of fused-ring (bicyclic) bond motifs is 2. The molecule has 0 N–H and O–H groups in total. The molecule has 3 atom stereocenters. The average molecular weight is 585 g/mol. The smallest absolute Gasteiger partial charge is 0.343 e. The predicted octanol–water partition coefficient (Wildman–Crippen LogP) is 8.28. The highest BCUT2D eigenvalue weighted by atomic mass is 16.5. The Morgan fingerprint density at radius 3 is 1.84 bits per heavy atom. The van der Waals surface area contributed by atoms with Crippen LogP contribution in [0, 0.1) is 0 Å². The molecule has 2 saturated heterocycles. The van der Waals surface area contributed by atoms with Gasteiger partial charge in [0.15, 0.2) is 0 Å². The van der Waals surface area contributed by atoms with Crippen molar-refractivity contribution in [3.05, 3.63) is 77.4 Å². The van der Waals surface area contributed by atoms with E-state index in [9.17, 15) is 4.79 Å². The van der Waals surface area contributed by atoms with Crippen LogP contribution in [0.5, 0.6) is 17.2 Å². The predicted molar refractivity (Wildman–Crippen MR) is 175 cm³/mol.